The molecule has 0 aromatic heterocycles. The third kappa shape index (κ3) is 4.26. The third-order valence-electron chi connectivity index (χ3n) is 5.48. The first-order valence-corrected chi connectivity index (χ1v) is 10.3. The molecule has 1 aromatic rings. The second-order valence-corrected chi connectivity index (χ2v) is 8.17. The van der Waals surface area contributed by atoms with Crippen LogP contribution in [0.25, 0.3) is 0 Å². The number of anilines is 1. The molecular weight excluding hydrogens is 419 g/mol. The van der Waals surface area contributed by atoms with Crippen molar-refractivity contribution in [3.05, 3.63) is 28.2 Å². The number of hydrogen-bond donors (Lipinski definition) is 1. The Morgan fingerprint density at radius 3 is 2.28 bits per heavy atom. The fourth-order valence-electron chi connectivity index (χ4n) is 3.84. The van der Waals surface area contributed by atoms with E-state index >= 15 is 0 Å². The smallest absolute Gasteiger partial charge is 0.329 e. The van der Waals surface area contributed by atoms with Crippen molar-refractivity contribution in [3.63, 3.8) is 0 Å². The van der Waals surface area contributed by atoms with Crippen molar-refractivity contribution in [1.29, 1.82) is 0 Å². The van der Waals surface area contributed by atoms with E-state index in [0.29, 0.717) is 12.8 Å². The molecule has 1 aromatic carbocycles. The normalized spacial score (nSPS) is 23.4. The molecule has 1 saturated carbocycles. The van der Waals surface area contributed by atoms with Crippen LogP contribution >= 0.6 is 23.2 Å². The van der Waals surface area contributed by atoms with Gasteiger partial charge in [-0.3, -0.25) is 19.3 Å². The molecule has 2 aliphatic rings. The molecule has 1 aliphatic carbocycles. The number of nitrogens with one attached hydrogen (secondary N) is 1. The summed E-state index contributed by atoms with van der Waals surface area (Å²) in [5, 5.41) is 2.99. The molecule has 29 heavy (non-hydrogen) atoms. The lowest BCUT2D eigenvalue weighted by atomic mass is 9.81. The average molecular weight is 441 g/mol. The number of ether oxygens (including phenoxy) is 1. The highest BCUT2D eigenvalue weighted by molar-refractivity contribution is 6.44. The van der Waals surface area contributed by atoms with Crippen LogP contribution in [0.2, 0.25) is 10.0 Å². The van der Waals surface area contributed by atoms with Gasteiger partial charge in [-0.15, -0.1) is 0 Å². The maximum absolute atomic E-state index is 12.6. The molecule has 9 heteroatoms. The van der Waals surface area contributed by atoms with Crippen LogP contribution in [0.5, 0.6) is 0 Å². The Morgan fingerprint density at radius 2 is 1.69 bits per heavy atom. The Kier molecular flexibility index (Phi) is 6.49. The van der Waals surface area contributed by atoms with E-state index in [1.807, 2.05) is 0 Å². The summed E-state index contributed by atoms with van der Waals surface area (Å²) in [6.45, 7) is 2.83. The molecule has 1 saturated heterocycles. The summed E-state index contributed by atoms with van der Waals surface area (Å²) < 4.78 is 5.21. The van der Waals surface area contributed by atoms with Crippen LogP contribution in [-0.2, 0) is 23.9 Å². The van der Waals surface area contributed by atoms with E-state index in [4.69, 9.17) is 27.9 Å². The second-order valence-electron chi connectivity index (χ2n) is 7.39. The van der Waals surface area contributed by atoms with Crippen molar-refractivity contribution in [1.82, 2.24) is 4.90 Å². The van der Waals surface area contributed by atoms with Crippen molar-refractivity contribution < 1.29 is 23.9 Å². The van der Waals surface area contributed by atoms with Crippen molar-refractivity contribution in [2.45, 2.75) is 51.7 Å². The number of fused-ring (bicyclic) bond motifs is 1. The molecule has 0 bridgehead atoms. The van der Waals surface area contributed by atoms with Gasteiger partial charge in [0.1, 0.15) is 6.04 Å². The van der Waals surface area contributed by atoms with Gasteiger partial charge in [-0.25, -0.2) is 4.79 Å². The number of esters is 1. The first-order chi connectivity index (χ1) is 13.7. The summed E-state index contributed by atoms with van der Waals surface area (Å²) in [5.74, 6) is -2.78. The predicted octanol–water partition coefficient (Wildman–Crippen LogP) is 3.43. The van der Waals surface area contributed by atoms with E-state index in [9.17, 15) is 19.2 Å². The highest BCUT2D eigenvalue weighted by atomic mass is 35.5. The lowest BCUT2D eigenvalue weighted by Gasteiger charge is -2.23. The van der Waals surface area contributed by atoms with Gasteiger partial charge in [-0.05, 0) is 38.8 Å². The van der Waals surface area contributed by atoms with Gasteiger partial charge in [0.25, 0.3) is 5.91 Å². The first-order valence-electron chi connectivity index (χ1n) is 9.54. The maximum atomic E-state index is 12.6. The number of rotatable bonds is 5. The van der Waals surface area contributed by atoms with Crippen LogP contribution in [0.1, 0.15) is 39.5 Å². The van der Waals surface area contributed by atoms with E-state index in [1.54, 1.807) is 18.2 Å². The van der Waals surface area contributed by atoms with Gasteiger partial charge < -0.3 is 10.1 Å². The van der Waals surface area contributed by atoms with Crippen LogP contribution < -0.4 is 5.32 Å². The van der Waals surface area contributed by atoms with E-state index < -0.39 is 24.0 Å². The molecule has 156 valence electrons. The number of imide groups is 1. The quantitative estimate of drug-likeness (QED) is 0.559. The highest BCUT2D eigenvalue weighted by Crippen LogP contribution is 2.39. The lowest BCUT2D eigenvalue weighted by Crippen LogP contribution is -2.46. The Labute approximate surface area is 178 Å². The minimum absolute atomic E-state index is 0.172. The molecule has 7 nitrogen and oxygen atoms in total. The van der Waals surface area contributed by atoms with Crippen molar-refractivity contribution in [2.24, 2.45) is 11.8 Å². The summed E-state index contributed by atoms with van der Waals surface area (Å²) in [5.41, 5.74) is 0.286. The molecule has 1 aliphatic heterocycles. The van der Waals surface area contributed by atoms with Crippen LogP contribution in [0.15, 0.2) is 18.2 Å². The third-order valence-corrected chi connectivity index (χ3v) is 6.29. The summed E-state index contributed by atoms with van der Waals surface area (Å²) in [6.07, 6.45) is 1.96. The number of carbonyl (C=O) groups is 4. The van der Waals surface area contributed by atoms with Crippen molar-refractivity contribution >= 4 is 52.6 Å². The average Bonchev–Trinajstić information content (AvgIpc) is 2.95. The number of carbonyl (C=O) groups excluding carboxylic acids is 4. The van der Waals surface area contributed by atoms with Crippen LogP contribution in [0.4, 0.5) is 5.69 Å². The Balaban J connectivity index is 1.63. The molecule has 2 fully saturated rings. The van der Waals surface area contributed by atoms with E-state index in [0.717, 1.165) is 17.7 Å². The molecule has 4 unspecified atom stereocenters. The van der Waals surface area contributed by atoms with Crippen molar-refractivity contribution in [2.75, 3.05) is 5.32 Å². The summed E-state index contributed by atoms with van der Waals surface area (Å²) in [4.78, 5) is 51.1. The van der Waals surface area contributed by atoms with Crippen LogP contribution in [-0.4, -0.2) is 40.7 Å². The van der Waals surface area contributed by atoms with Gasteiger partial charge in [0.15, 0.2) is 6.10 Å². The summed E-state index contributed by atoms with van der Waals surface area (Å²) >= 11 is 12.0. The molecule has 0 radical (unpaired) electrons. The molecule has 0 spiro atoms. The zero-order valence-corrected chi connectivity index (χ0v) is 17.6. The van der Waals surface area contributed by atoms with E-state index in [-0.39, 0.29) is 39.4 Å². The fourth-order valence-corrected chi connectivity index (χ4v) is 4.18. The molecule has 1 heterocycles. The number of halogens is 2. The molecule has 3 amide bonds. The van der Waals surface area contributed by atoms with Crippen molar-refractivity contribution in [3.8, 4) is 0 Å². The topological polar surface area (TPSA) is 92.8 Å². The Morgan fingerprint density at radius 1 is 1.10 bits per heavy atom. The fraction of sp³-hybridized carbons (Fsp3) is 0.500. The first kappa shape index (κ1) is 21.6. The predicted molar refractivity (Wildman–Crippen MR) is 107 cm³/mol. The van der Waals surface area contributed by atoms with Gasteiger partial charge in [-0.1, -0.05) is 42.1 Å². The number of hydrogen-bond acceptors (Lipinski definition) is 5. The minimum Gasteiger partial charge on any atom is -0.451 e. The zero-order chi connectivity index (χ0) is 21.3. The summed E-state index contributed by atoms with van der Waals surface area (Å²) in [6, 6.07) is 3.66. The second kappa shape index (κ2) is 8.71. The number of benzene rings is 1. The number of nitrogens with zero attached hydrogens (tertiary/aromatic N) is 1. The standard InChI is InChI=1S/C20H22Cl2N2O5/c1-10(24-18(26)12-6-3-4-7-13(12)19(24)27)20(28)29-11(2)17(25)23-15-9-5-8-14(21)16(15)22/h5,8-13H,3-4,6-7H2,1-2H3,(H,23,25). The molecular formula is C20H22Cl2N2O5. The molecule has 1 N–H and O–H groups in total. The highest BCUT2D eigenvalue weighted by Gasteiger charge is 2.51. The van der Waals surface area contributed by atoms with Crippen LogP contribution in [0, 0.1) is 11.8 Å². The van der Waals surface area contributed by atoms with Gasteiger partial charge in [0.05, 0.1) is 27.6 Å². The Bertz CT molecular complexity index is 835. The zero-order valence-electron chi connectivity index (χ0n) is 16.1. The largest absolute Gasteiger partial charge is 0.451 e. The molecule has 3 rings (SSSR count). The minimum atomic E-state index is -1.16. The molecule has 4 atom stereocenters. The van der Waals surface area contributed by atoms with Gasteiger partial charge in [-0.2, -0.15) is 0 Å². The van der Waals surface area contributed by atoms with Gasteiger partial charge in [0, 0.05) is 0 Å². The van der Waals surface area contributed by atoms with Crippen LogP contribution in [0.3, 0.4) is 0 Å². The van der Waals surface area contributed by atoms with Gasteiger partial charge >= 0.3 is 5.97 Å². The maximum Gasteiger partial charge on any atom is 0.329 e. The van der Waals surface area contributed by atoms with E-state index in [1.165, 1.54) is 13.8 Å². The van der Waals surface area contributed by atoms with Gasteiger partial charge in [0.2, 0.25) is 11.8 Å². The lowest BCUT2D eigenvalue weighted by molar-refractivity contribution is -0.163. The van der Waals surface area contributed by atoms with E-state index in [2.05, 4.69) is 5.32 Å². The number of likely N-dealkylation sites (tertiary alicyclic amines) is 1. The number of amides is 3. The summed E-state index contributed by atoms with van der Waals surface area (Å²) in [7, 11) is 0. The Hall–Kier alpha value is -2.12. The SMILES string of the molecule is CC(OC(=O)C(C)N1C(=O)C2CCCCC2C1=O)C(=O)Nc1cccc(Cl)c1Cl. The monoisotopic (exact) mass is 440 g/mol.